The van der Waals surface area contributed by atoms with E-state index < -0.39 is 6.04 Å². The minimum Gasteiger partial charge on any atom is -0.507 e. The topological polar surface area (TPSA) is 96.9 Å². The van der Waals surface area contributed by atoms with Gasteiger partial charge in [-0.2, -0.15) is 5.10 Å². The molecule has 0 saturated heterocycles. The van der Waals surface area contributed by atoms with E-state index in [0.717, 1.165) is 41.7 Å². The van der Waals surface area contributed by atoms with Crippen LogP contribution in [0.25, 0.3) is 11.3 Å². The van der Waals surface area contributed by atoms with Crippen LogP contribution < -0.4 is 14.2 Å². The first-order valence-electron chi connectivity index (χ1n) is 14.8. The van der Waals surface area contributed by atoms with E-state index in [2.05, 4.69) is 17.1 Å². The Morgan fingerprint density at radius 3 is 2.53 bits per heavy atom. The summed E-state index contributed by atoms with van der Waals surface area (Å²) in [4.78, 5) is 15.8. The number of carbonyl (C=O) groups is 1. The molecule has 0 aliphatic carbocycles. The molecule has 0 spiro atoms. The van der Waals surface area contributed by atoms with E-state index in [1.54, 1.807) is 19.2 Å². The maximum absolute atomic E-state index is 13.9. The number of benzene rings is 3. The third kappa shape index (κ3) is 6.30. The number of carbonyl (C=O) groups excluding carboxylic acids is 1. The van der Waals surface area contributed by atoms with Crippen molar-refractivity contribution >= 4 is 17.5 Å². The molecule has 1 unspecified atom stereocenters. The van der Waals surface area contributed by atoms with Gasteiger partial charge in [-0.25, -0.2) is 0 Å². The van der Waals surface area contributed by atoms with Gasteiger partial charge in [0.25, 0.3) is 5.91 Å². The third-order valence-electron chi connectivity index (χ3n) is 7.79. The van der Waals surface area contributed by atoms with Gasteiger partial charge >= 0.3 is 0 Å². The SMILES string of the molecule is CCCCCOc1ccc(C2c3c(-c4cc(Cl)c(C)cc4O)n[nH]c3C(=O)N2CCc2ccc(OC)cc2)cc1OCC. The van der Waals surface area contributed by atoms with E-state index in [0.29, 0.717) is 65.2 Å². The van der Waals surface area contributed by atoms with Crippen LogP contribution in [-0.4, -0.2) is 53.0 Å². The zero-order valence-corrected chi connectivity index (χ0v) is 25.8. The van der Waals surface area contributed by atoms with Crippen LogP contribution in [0.3, 0.4) is 0 Å². The lowest BCUT2D eigenvalue weighted by molar-refractivity contribution is 0.0745. The zero-order chi connectivity index (χ0) is 30.5. The number of nitrogens with zero attached hydrogens (tertiary/aromatic N) is 2. The standard InChI is InChI=1S/C34H38ClN3O5/c1-5-7-8-17-43-28-14-11-23(19-29(28)42-6-2)33-30-31(25-20-26(35)21(3)18-27(25)39)36-37-32(30)34(40)38(33)16-15-22-9-12-24(41-4)13-10-22/h9-14,18-20,33,39H,5-8,15-17H2,1-4H3,(H,36,37). The third-order valence-corrected chi connectivity index (χ3v) is 8.19. The van der Waals surface area contributed by atoms with Crippen LogP contribution >= 0.6 is 11.6 Å². The van der Waals surface area contributed by atoms with Gasteiger partial charge in [0.2, 0.25) is 0 Å². The fourth-order valence-corrected chi connectivity index (χ4v) is 5.66. The van der Waals surface area contributed by atoms with Crippen LogP contribution in [0.4, 0.5) is 0 Å². The fourth-order valence-electron chi connectivity index (χ4n) is 5.49. The molecule has 1 aliphatic heterocycles. The van der Waals surface area contributed by atoms with Crippen LogP contribution in [0.5, 0.6) is 23.0 Å². The number of phenolic OH excluding ortho intramolecular Hbond substituents is 1. The summed E-state index contributed by atoms with van der Waals surface area (Å²) in [5.74, 6) is 1.96. The first-order valence-corrected chi connectivity index (χ1v) is 15.1. The molecule has 1 atom stereocenters. The minimum atomic E-state index is -0.484. The Morgan fingerprint density at radius 1 is 1.02 bits per heavy atom. The predicted octanol–water partition coefficient (Wildman–Crippen LogP) is 7.51. The lowest BCUT2D eigenvalue weighted by atomic mass is 9.94. The molecular weight excluding hydrogens is 566 g/mol. The second kappa shape index (κ2) is 13.4. The lowest BCUT2D eigenvalue weighted by Crippen LogP contribution is -2.31. The van der Waals surface area contributed by atoms with Crippen molar-refractivity contribution < 1.29 is 24.1 Å². The summed E-state index contributed by atoms with van der Waals surface area (Å²) in [6.45, 7) is 7.45. The molecule has 0 fully saturated rings. The average Bonchev–Trinajstić information content (AvgIpc) is 3.55. The van der Waals surface area contributed by atoms with E-state index in [9.17, 15) is 9.90 Å². The Kier molecular flexibility index (Phi) is 9.46. The van der Waals surface area contributed by atoms with Crippen LogP contribution in [0.15, 0.2) is 54.6 Å². The second-order valence-corrected chi connectivity index (χ2v) is 11.1. The summed E-state index contributed by atoms with van der Waals surface area (Å²) >= 11 is 6.47. The summed E-state index contributed by atoms with van der Waals surface area (Å²) in [6.07, 6.45) is 3.80. The number of aromatic nitrogens is 2. The van der Waals surface area contributed by atoms with Crippen LogP contribution in [0.2, 0.25) is 5.02 Å². The number of unbranched alkanes of at least 4 members (excludes halogenated alkanes) is 2. The van der Waals surface area contributed by atoms with Crippen LogP contribution in [-0.2, 0) is 6.42 Å². The number of ether oxygens (including phenoxy) is 3. The zero-order valence-electron chi connectivity index (χ0n) is 25.1. The number of rotatable bonds is 13. The molecule has 0 bridgehead atoms. The molecule has 3 aromatic carbocycles. The summed E-state index contributed by atoms with van der Waals surface area (Å²) in [7, 11) is 1.64. The maximum Gasteiger partial charge on any atom is 0.273 e. The smallest absolute Gasteiger partial charge is 0.273 e. The molecule has 0 radical (unpaired) electrons. The van der Waals surface area contributed by atoms with Crippen molar-refractivity contribution in [3.8, 4) is 34.3 Å². The van der Waals surface area contributed by atoms with Crippen LogP contribution in [0, 0.1) is 6.92 Å². The average molecular weight is 604 g/mol. The van der Waals surface area contributed by atoms with Crippen molar-refractivity contribution in [2.45, 2.75) is 52.5 Å². The van der Waals surface area contributed by atoms with Gasteiger partial charge in [0.15, 0.2) is 11.5 Å². The Balaban J connectivity index is 1.56. The first kappa shape index (κ1) is 30.3. The van der Waals surface area contributed by atoms with Gasteiger partial charge < -0.3 is 24.2 Å². The van der Waals surface area contributed by atoms with Crippen molar-refractivity contribution in [3.63, 3.8) is 0 Å². The Labute approximate surface area is 257 Å². The molecular formula is C34H38ClN3O5. The molecule has 4 aromatic rings. The van der Waals surface area contributed by atoms with E-state index >= 15 is 0 Å². The van der Waals surface area contributed by atoms with Gasteiger partial charge in [0.05, 0.1) is 26.4 Å². The molecule has 226 valence electrons. The number of aromatic amines is 1. The normalized spacial score (nSPS) is 14.2. The number of halogens is 1. The van der Waals surface area contributed by atoms with E-state index in [4.69, 9.17) is 25.8 Å². The highest BCUT2D eigenvalue weighted by Crippen LogP contribution is 2.46. The Bertz CT molecular complexity index is 1580. The molecule has 1 aliphatic rings. The molecule has 1 aromatic heterocycles. The first-order chi connectivity index (χ1) is 20.9. The fraction of sp³-hybridized carbons (Fsp3) is 0.353. The van der Waals surface area contributed by atoms with Gasteiger partial charge in [-0.15, -0.1) is 0 Å². The monoisotopic (exact) mass is 603 g/mol. The van der Waals surface area contributed by atoms with Gasteiger partial charge in [-0.05, 0) is 79.8 Å². The van der Waals surface area contributed by atoms with Gasteiger partial charge in [0.1, 0.15) is 22.9 Å². The van der Waals surface area contributed by atoms with Crippen molar-refractivity contribution in [2.24, 2.45) is 0 Å². The van der Waals surface area contributed by atoms with E-state index in [1.807, 2.05) is 61.2 Å². The second-order valence-electron chi connectivity index (χ2n) is 10.7. The van der Waals surface area contributed by atoms with Crippen molar-refractivity contribution in [3.05, 3.63) is 87.6 Å². The number of amides is 1. The summed E-state index contributed by atoms with van der Waals surface area (Å²) in [5, 5.41) is 18.9. The lowest BCUT2D eigenvalue weighted by Gasteiger charge is -2.27. The Morgan fingerprint density at radius 2 is 1.81 bits per heavy atom. The molecule has 0 saturated carbocycles. The molecule has 1 amide bonds. The Hall–Kier alpha value is -4.17. The minimum absolute atomic E-state index is 0.0462. The van der Waals surface area contributed by atoms with Gasteiger partial charge in [0, 0.05) is 22.7 Å². The van der Waals surface area contributed by atoms with Crippen molar-refractivity contribution in [1.82, 2.24) is 15.1 Å². The molecule has 2 N–H and O–H groups in total. The molecule has 5 rings (SSSR count). The summed E-state index contributed by atoms with van der Waals surface area (Å²) in [6, 6.07) is 16.5. The number of fused-ring (bicyclic) bond motifs is 1. The quantitative estimate of drug-likeness (QED) is 0.154. The highest BCUT2D eigenvalue weighted by molar-refractivity contribution is 6.31. The van der Waals surface area contributed by atoms with Crippen LogP contribution in [0.1, 0.15) is 71.9 Å². The number of aryl methyl sites for hydroxylation is 1. The number of aromatic hydroxyl groups is 1. The number of H-pyrrole nitrogens is 1. The molecule has 9 heteroatoms. The number of hydrogen-bond donors (Lipinski definition) is 2. The number of methoxy groups -OCH3 is 1. The molecule has 43 heavy (non-hydrogen) atoms. The highest BCUT2D eigenvalue weighted by Gasteiger charge is 2.42. The number of hydrogen-bond acceptors (Lipinski definition) is 6. The number of nitrogens with one attached hydrogen (secondary N) is 1. The highest BCUT2D eigenvalue weighted by atomic mass is 35.5. The van der Waals surface area contributed by atoms with E-state index in [1.165, 1.54) is 0 Å². The van der Waals surface area contributed by atoms with E-state index in [-0.39, 0.29) is 11.7 Å². The largest absolute Gasteiger partial charge is 0.507 e. The summed E-state index contributed by atoms with van der Waals surface area (Å²) < 4.78 is 17.4. The van der Waals surface area contributed by atoms with Gasteiger partial charge in [-0.1, -0.05) is 49.6 Å². The predicted molar refractivity (Wildman–Crippen MR) is 168 cm³/mol. The summed E-state index contributed by atoms with van der Waals surface area (Å²) in [5.41, 5.74) is 4.71. The molecule has 2 heterocycles. The maximum atomic E-state index is 13.9. The van der Waals surface area contributed by atoms with Crippen molar-refractivity contribution in [1.29, 1.82) is 0 Å². The van der Waals surface area contributed by atoms with Crippen molar-refractivity contribution in [2.75, 3.05) is 26.9 Å². The molecule has 8 nitrogen and oxygen atoms in total. The number of phenols is 1. The van der Waals surface area contributed by atoms with Gasteiger partial charge in [-0.3, -0.25) is 9.89 Å².